The molecule has 0 saturated carbocycles. The molecule has 0 bridgehead atoms. The number of benzene rings is 1. The van der Waals surface area contributed by atoms with Crippen molar-refractivity contribution >= 4 is 23.6 Å². The zero-order valence-electron chi connectivity index (χ0n) is 12.3. The highest BCUT2D eigenvalue weighted by Crippen LogP contribution is 2.18. The topological polar surface area (TPSA) is 49.3 Å². The zero-order chi connectivity index (χ0) is 15.2. The van der Waals surface area contributed by atoms with E-state index in [0.29, 0.717) is 5.75 Å². The van der Waals surface area contributed by atoms with E-state index in [-0.39, 0.29) is 5.91 Å². The van der Waals surface area contributed by atoms with Gasteiger partial charge in [0.25, 0.3) is 0 Å². The molecule has 5 nitrogen and oxygen atoms in total. The molecule has 3 rings (SSSR count). The summed E-state index contributed by atoms with van der Waals surface area (Å²) < 4.78 is 0. The van der Waals surface area contributed by atoms with E-state index < -0.39 is 0 Å². The lowest BCUT2D eigenvalue weighted by Crippen LogP contribution is -2.49. The minimum Gasteiger partial charge on any atom is -0.338 e. The molecule has 0 aliphatic carbocycles. The molecule has 0 atom stereocenters. The fourth-order valence-corrected chi connectivity index (χ4v) is 3.19. The molecule has 1 aliphatic rings. The van der Waals surface area contributed by atoms with Gasteiger partial charge in [-0.25, -0.2) is 9.97 Å². The predicted molar refractivity (Wildman–Crippen MR) is 88.0 cm³/mol. The van der Waals surface area contributed by atoms with Crippen LogP contribution >= 0.6 is 11.8 Å². The SMILES string of the molecule is O=C(CSc1ccccc1)N1CCN(c2ncccn2)CC1. The van der Waals surface area contributed by atoms with Crippen LogP contribution in [-0.2, 0) is 4.79 Å². The summed E-state index contributed by atoms with van der Waals surface area (Å²) >= 11 is 1.59. The predicted octanol–water partition coefficient (Wildman–Crippen LogP) is 1.92. The van der Waals surface area contributed by atoms with Crippen molar-refractivity contribution < 1.29 is 4.79 Å². The van der Waals surface area contributed by atoms with Crippen molar-refractivity contribution in [2.75, 3.05) is 36.8 Å². The van der Waals surface area contributed by atoms with Gasteiger partial charge in [0.05, 0.1) is 5.75 Å². The van der Waals surface area contributed by atoms with E-state index in [4.69, 9.17) is 0 Å². The zero-order valence-corrected chi connectivity index (χ0v) is 13.1. The van der Waals surface area contributed by atoms with Crippen molar-refractivity contribution in [1.82, 2.24) is 14.9 Å². The lowest BCUT2D eigenvalue weighted by molar-refractivity contribution is -0.128. The van der Waals surface area contributed by atoms with Crippen LogP contribution < -0.4 is 4.90 Å². The van der Waals surface area contributed by atoms with E-state index in [1.807, 2.05) is 41.3 Å². The van der Waals surface area contributed by atoms with Gasteiger partial charge in [-0.1, -0.05) is 18.2 Å². The Bertz CT molecular complexity index is 600. The van der Waals surface area contributed by atoms with Gasteiger partial charge in [-0.05, 0) is 18.2 Å². The molecule has 0 unspecified atom stereocenters. The van der Waals surface area contributed by atoms with Crippen molar-refractivity contribution in [2.24, 2.45) is 0 Å². The fraction of sp³-hybridized carbons (Fsp3) is 0.312. The Morgan fingerprint density at radius 1 is 1.00 bits per heavy atom. The molecule has 2 aromatic rings. The Hall–Kier alpha value is -2.08. The maximum Gasteiger partial charge on any atom is 0.233 e. The third-order valence-electron chi connectivity index (χ3n) is 3.57. The second-order valence-electron chi connectivity index (χ2n) is 5.02. The molecule has 1 amide bonds. The first-order chi connectivity index (χ1) is 10.8. The minimum atomic E-state index is 0.197. The Morgan fingerprint density at radius 2 is 1.68 bits per heavy atom. The first kappa shape index (κ1) is 14.8. The van der Waals surface area contributed by atoms with Crippen LogP contribution in [0.3, 0.4) is 0 Å². The number of piperazine rings is 1. The normalized spacial score (nSPS) is 14.9. The maximum atomic E-state index is 12.3. The summed E-state index contributed by atoms with van der Waals surface area (Å²) in [6.07, 6.45) is 3.49. The molecule has 22 heavy (non-hydrogen) atoms. The second-order valence-corrected chi connectivity index (χ2v) is 6.07. The van der Waals surface area contributed by atoms with Crippen molar-refractivity contribution in [3.8, 4) is 0 Å². The molecular weight excluding hydrogens is 296 g/mol. The molecule has 2 heterocycles. The largest absolute Gasteiger partial charge is 0.338 e. The van der Waals surface area contributed by atoms with Crippen LogP contribution in [0.2, 0.25) is 0 Å². The number of thioether (sulfide) groups is 1. The molecule has 0 N–H and O–H groups in total. The number of rotatable bonds is 4. The first-order valence-electron chi connectivity index (χ1n) is 7.30. The first-order valence-corrected chi connectivity index (χ1v) is 8.29. The third-order valence-corrected chi connectivity index (χ3v) is 4.57. The van der Waals surface area contributed by atoms with Crippen molar-refractivity contribution in [2.45, 2.75) is 4.90 Å². The number of amides is 1. The molecule has 0 spiro atoms. The van der Waals surface area contributed by atoms with E-state index >= 15 is 0 Å². The molecule has 0 radical (unpaired) electrons. The average molecular weight is 314 g/mol. The summed E-state index contributed by atoms with van der Waals surface area (Å²) in [4.78, 5) is 26.0. The standard InChI is InChI=1S/C16H18N4OS/c21-15(13-22-14-5-2-1-3-6-14)19-9-11-20(12-10-19)16-17-7-4-8-18-16/h1-8H,9-13H2. The summed E-state index contributed by atoms with van der Waals surface area (Å²) in [5.74, 6) is 1.43. The van der Waals surface area contributed by atoms with Gasteiger partial charge >= 0.3 is 0 Å². The van der Waals surface area contributed by atoms with E-state index in [9.17, 15) is 4.79 Å². The summed E-state index contributed by atoms with van der Waals surface area (Å²) in [6, 6.07) is 11.8. The lowest BCUT2D eigenvalue weighted by atomic mass is 10.3. The highest BCUT2D eigenvalue weighted by Gasteiger charge is 2.22. The number of carbonyl (C=O) groups is 1. The monoisotopic (exact) mass is 314 g/mol. The third kappa shape index (κ3) is 3.76. The average Bonchev–Trinajstić information content (AvgIpc) is 2.61. The molecular formula is C16H18N4OS. The van der Waals surface area contributed by atoms with Gasteiger partial charge in [0.1, 0.15) is 0 Å². The summed E-state index contributed by atoms with van der Waals surface area (Å²) in [5.41, 5.74) is 0. The van der Waals surface area contributed by atoms with Crippen molar-refractivity contribution in [3.05, 3.63) is 48.8 Å². The van der Waals surface area contributed by atoms with Gasteiger partial charge in [-0.3, -0.25) is 4.79 Å². The Kier molecular flexibility index (Phi) is 4.90. The van der Waals surface area contributed by atoms with E-state index in [1.165, 1.54) is 0 Å². The second kappa shape index (κ2) is 7.26. The van der Waals surface area contributed by atoms with Crippen LogP contribution in [0.15, 0.2) is 53.7 Å². The molecule has 1 aromatic heterocycles. The molecule has 6 heteroatoms. The Balaban J connectivity index is 1.48. The number of hydrogen-bond donors (Lipinski definition) is 0. The number of anilines is 1. The molecule has 1 aromatic carbocycles. The van der Waals surface area contributed by atoms with Crippen LogP contribution in [0, 0.1) is 0 Å². The van der Waals surface area contributed by atoms with Crippen LogP contribution in [0.1, 0.15) is 0 Å². The van der Waals surface area contributed by atoms with Gasteiger partial charge in [0.2, 0.25) is 11.9 Å². The van der Waals surface area contributed by atoms with Gasteiger partial charge < -0.3 is 9.80 Å². The Labute approximate surface area is 134 Å². The van der Waals surface area contributed by atoms with Gasteiger partial charge in [0, 0.05) is 43.5 Å². The molecule has 1 fully saturated rings. The fourth-order valence-electron chi connectivity index (χ4n) is 2.36. The lowest BCUT2D eigenvalue weighted by Gasteiger charge is -2.34. The Morgan fingerprint density at radius 3 is 2.36 bits per heavy atom. The summed E-state index contributed by atoms with van der Waals surface area (Å²) in [6.45, 7) is 3.02. The highest BCUT2D eigenvalue weighted by atomic mass is 32.2. The van der Waals surface area contributed by atoms with E-state index in [1.54, 1.807) is 24.2 Å². The van der Waals surface area contributed by atoms with Crippen LogP contribution in [-0.4, -0.2) is 52.7 Å². The summed E-state index contributed by atoms with van der Waals surface area (Å²) in [7, 11) is 0. The minimum absolute atomic E-state index is 0.197. The summed E-state index contributed by atoms with van der Waals surface area (Å²) in [5, 5.41) is 0. The quantitative estimate of drug-likeness (QED) is 0.807. The highest BCUT2D eigenvalue weighted by molar-refractivity contribution is 8.00. The number of nitrogens with zero attached hydrogens (tertiary/aromatic N) is 4. The molecule has 1 saturated heterocycles. The van der Waals surface area contributed by atoms with E-state index in [0.717, 1.165) is 37.0 Å². The van der Waals surface area contributed by atoms with E-state index in [2.05, 4.69) is 14.9 Å². The molecule has 1 aliphatic heterocycles. The van der Waals surface area contributed by atoms with Crippen LogP contribution in [0.5, 0.6) is 0 Å². The number of carbonyl (C=O) groups excluding carboxylic acids is 1. The van der Waals surface area contributed by atoms with Crippen LogP contribution in [0.4, 0.5) is 5.95 Å². The maximum absolute atomic E-state index is 12.3. The smallest absolute Gasteiger partial charge is 0.233 e. The van der Waals surface area contributed by atoms with Crippen LogP contribution in [0.25, 0.3) is 0 Å². The van der Waals surface area contributed by atoms with Gasteiger partial charge in [-0.2, -0.15) is 0 Å². The van der Waals surface area contributed by atoms with Gasteiger partial charge in [-0.15, -0.1) is 11.8 Å². The molecule has 114 valence electrons. The van der Waals surface area contributed by atoms with Crippen molar-refractivity contribution in [3.63, 3.8) is 0 Å². The van der Waals surface area contributed by atoms with Crippen molar-refractivity contribution in [1.29, 1.82) is 0 Å². The van der Waals surface area contributed by atoms with Gasteiger partial charge in [0.15, 0.2) is 0 Å². The number of hydrogen-bond acceptors (Lipinski definition) is 5. The number of aromatic nitrogens is 2.